The van der Waals surface area contributed by atoms with Gasteiger partial charge in [0.15, 0.2) is 0 Å². The number of benzene rings is 1. The number of fused-ring (bicyclic) bond motifs is 1. The molecule has 1 aliphatic rings. The fourth-order valence-electron chi connectivity index (χ4n) is 1.50. The SMILES string of the molecule is O=C(O)CCSC1=CCSc2ccccc21. The van der Waals surface area contributed by atoms with E-state index in [2.05, 4.69) is 18.2 Å². The molecule has 1 heterocycles. The molecule has 1 N–H and O–H groups in total. The van der Waals surface area contributed by atoms with Crippen molar-refractivity contribution >= 4 is 34.4 Å². The molecular weight excluding hydrogens is 240 g/mol. The van der Waals surface area contributed by atoms with Crippen LogP contribution in [0.2, 0.25) is 0 Å². The number of hydrogen-bond donors (Lipinski definition) is 1. The normalized spacial score (nSPS) is 14.1. The lowest BCUT2D eigenvalue weighted by molar-refractivity contribution is -0.136. The van der Waals surface area contributed by atoms with Crippen LogP contribution in [0.15, 0.2) is 35.2 Å². The van der Waals surface area contributed by atoms with Crippen LogP contribution in [0.3, 0.4) is 0 Å². The topological polar surface area (TPSA) is 37.3 Å². The lowest BCUT2D eigenvalue weighted by Crippen LogP contribution is -1.98. The van der Waals surface area contributed by atoms with Gasteiger partial charge in [0.2, 0.25) is 0 Å². The Balaban J connectivity index is 2.05. The molecule has 0 saturated carbocycles. The highest BCUT2D eigenvalue weighted by atomic mass is 32.2. The summed E-state index contributed by atoms with van der Waals surface area (Å²) in [7, 11) is 0. The lowest BCUT2D eigenvalue weighted by Gasteiger charge is -2.16. The van der Waals surface area contributed by atoms with Gasteiger partial charge < -0.3 is 5.11 Å². The number of carboxylic acid groups (broad SMARTS) is 1. The third kappa shape index (κ3) is 2.83. The minimum Gasteiger partial charge on any atom is -0.481 e. The molecule has 1 aromatic rings. The van der Waals surface area contributed by atoms with Crippen LogP contribution >= 0.6 is 23.5 Å². The van der Waals surface area contributed by atoms with Gasteiger partial charge in [-0.2, -0.15) is 0 Å². The highest BCUT2D eigenvalue weighted by Gasteiger charge is 2.12. The van der Waals surface area contributed by atoms with Crippen molar-refractivity contribution in [1.29, 1.82) is 0 Å². The van der Waals surface area contributed by atoms with Gasteiger partial charge in [-0.1, -0.05) is 24.3 Å². The number of aliphatic carboxylic acids is 1. The van der Waals surface area contributed by atoms with Gasteiger partial charge in [-0.25, -0.2) is 0 Å². The summed E-state index contributed by atoms with van der Waals surface area (Å²) in [5.74, 6) is 0.888. The molecule has 4 heteroatoms. The fourth-order valence-corrected chi connectivity index (χ4v) is 3.64. The van der Waals surface area contributed by atoms with Crippen LogP contribution in [0, 0.1) is 0 Å². The monoisotopic (exact) mass is 252 g/mol. The molecule has 2 rings (SSSR count). The van der Waals surface area contributed by atoms with Gasteiger partial charge in [-0.3, -0.25) is 4.79 Å². The molecule has 16 heavy (non-hydrogen) atoms. The van der Waals surface area contributed by atoms with Crippen molar-refractivity contribution in [3.8, 4) is 0 Å². The zero-order chi connectivity index (χ0) is 11.4. The maximum absolute atomic E-state index is 10.4. The highest BCUT2D eigenvalue weighted by Crippen LogP contribution is 2.39. The van der Waals surface area contributed by atoms with Gasteiger partial charge in [0.25, 0.3) is 0 Å². The Hall–Kier alpha value is -0.870. The van der Waals surface area contributed by atoms with Crippen molar-refractivity contribution in [2.24, 2.45) is 0 Å². The van der Waals surface area contributed by atoms with Crippen molar-refractivity contribution in [3.63, 3.8) is 0 Å². The minimum absolute atomic E-state index is 0.220. The number of carbonyl (C=O) groups is 1. The molecule has 0 fully saturated rings. The van der Waals surface area contributed by atoms with E-state index in [1.807, 2.05) is 23.9 Å². The first-order chi connectivity index (χ1) is 7.77. The molecule has 0 aromatic heterocycles. The van der Waals surface area contributed by atoms with Crippen LogP contribution in [-0.4, -0.2) is 22.6 Å². The molecule has 0 saturated heterocycles. The van der Waals surface area contributed by atoms with E-state index >= 15 is 0 Å². The molecule has 84 valence electrons. The summed E-state index contributed by atoms with van der Waals surface area (Å²) < 4.78 is 0. The standard InChI is InChI=1S/C12H12O2S2/c13-12(14)6-8-16-11-5-7-15-10-4-2-1-3-9(10)11/h1-5H,6-8H2,(H,13,14). The Morgan fingerprint density at radius 1 is 1.44 bits per heavy atom. The first kappa shape index (κ1) is 11.6. The predicted octanol–water partition coefficient (Wildman–Crippen LogP) is 3.34. The third-order valence-corrected chi connectivity index (χ3v) is 4.34. The smallest absolute Gasteiger partial charge is 0.304 e. The summed E-state index contributed by atoms with van der Waals surface area (Å²) in [6.07, 6.45) is 2.40. The molecule has 0 atom stereocenters. The van der Waals surface area contributed by atoms with Crippen molar-refractivity contribution < 1.29 is 9.90 Å². The minimum atomic E-state index is -0.730. The Kier molecular flexibility index (Phi) is 3.96. The number of thioether (sulfide) groups is 2. The van der Waals surface area contributed by atoms with Gasteiger partial charge in [0.05, 0.1) is 6.42 Å². The van der Waals surface area contributed by atoms with E-state index in [1.165, 1.54) is 15.4 Å². The van der Waals surface area contributed by atoms with Crippen LogP contribution in [0.25, 0.3) is 4.91 Å². The van der Waals surface area contributed by atoms with Gasteiger partial charge in [-0.05, 0) is 6.07 Å². The van der Waals surface area contributed by atoms with Crippen molar-refractivity contribution in [2.45, 2.75) is 11.3 Å². The molecule has 1 aromatic carbocycles. The third-order valence-electron chi connectivity index (χ3n) is 2.23. The van der Waals surface area contributed by atoms with Crippen LogP contribution < -0.4 is 0 Å². The van der Waals surface area contributed by atoms with E-state index in [1.54, 1.807) is 11.8 Å². The van der Waals surface area contributed by atoms with E-state index in [0.717, 1.165) is 5.75 Å². The van der Waals surface area contributed by atoms with E-state index in [-0.39, 0.29) is 6.42 Å². The second kappa shape index (κ2) is 5.46. The molecule has 0 amide bonds. The Labute approximate surface area is 103 Å². The summed E-state index contributed by atoms with van der Waals surface area (Å²) in [6, 6.07) is 8.28. The molecule has 0 unspecified atom stereocenters. The van der Waals surface area contributed by atoms with Crippen LogP contribution in [0.5, 0.6) is 0 Å². The first-order valence-corrected chi connectivity index (χ1v) is 7.01. The van der Waals surface area contributed by atoms with E-state index < -0.39 is 5.97 Å². The molecular formula is C12H12O2S2. The number of carboxylic acids is 1. The maximum Gasteiger partial charge on any atom is 0.304 e. The van der Waals surface area contributed by atoms with Gasteiger partial charge >= 0.3 is 5.97 Å². The summed E-state index contributed by atoms with van der Waals surface area (Å²) in [6.45, 7) is 0. The predicted molar refractivity (Wildman–Crippen MR) is 69.9 cm³/mol. The summed E-state index contributed by atoms with van der Waals surface area (Å²) in [4.78, 5) is 13.0. The first-order valence-electron chi connectivity index (χ1n) is 5.04. The van der Waals surface area contributed by atoms with Gasteiger partial charge in [-0.15, -0.1) is 23.5 Å². The quantitative estimate of drug-likeness (QED) is 0.891. The molecule has 1 aliphatic heterocycles. The van der Waals surface area contributed by atoms with E-state index in [9.17, 15) is 4.79 Å². The van der Waals surface area contributed by atoms with Crippen LogP contribution in [-0.2, 0) is 4.79 Å². The van der Waals surface area contributed by atoms with Crippen LogP contribution in [0.4, 0.5) is 0 Å². The van der Waals surface area contributed by atoms with E-state index in [4.69, 9.17) is 5.11 Å². The lowest BCUT2D eigenvalue weighted by atomic mass is 10.2. The average molecular weight is 252 g/mol. The van der Waals surface area contributed by atoms with Crippen molar-refractivity contribution in [1.82, 2.24) is 0 Å². The fraction of sp³-hybridized carbons (Fsp3) is 0.250. The number of rotatable bonds is 4. The largest absolute Gasteiger partial charge is 0.481 e. The molecule has 0 radical (unpaired) electrons. The zero-order valence-electron chi connectivity index (χ0n) is 8.68. The van der Waals surface area contributed by atoms with Gasteiger partial charge in [0.1, 0.15) is 0 Å². The molecule has 0 bridgehead atoms. The maximum atomic E-state index is 10.4. The Morgan fingerprint density at radius 3 is 3.06 bits per heavy atom. The Bertz CT molecular complexity index is 427. The second-order valence-electron chi connectivity index (χ2n) is 3.37. The molecule has 0 aliphatic carbocycles. The average Bonchev–Trinajstić information content (AvgIpc) is 2.29. The number of hydrogen-bond acceptors (Lipinski definition) is 3. The molecule has 0 spiro atoms. The summed E-state index contributed by atoms with van der Waals surface area (Å²) in [5.41, 5.74) is 1.24. The van der Waals surface area contributed by atoms with Gasteiger partial charge in [0, 0.05) is 26.9 Å². The van der Waals surface area contributed by atoms with Crippen molar-refractivity contribution in [3.05, 3.63) is 35.9 Å². The summed E-state index contributed by atoms with van der Waals surface area (Å²) >= 11 is 3.46. The zero-order valence-corrected chi connectivity index (χ0v) is 10.3. The highest BCUT2D eigenvalue weighted by molar-refractivity contribution is 8.08. The Morgan fingerprint density at radius 2 is 2.25 bits per heavy atom. The van der Waals surface area contributed by atoms with Crippen molar-refractivity contribution in [2.75, 3.05) is 11.5 Å². The summed E-state index contributed by atoms with van der Waals surface area (Å²) in [5, 5.41) is 8.60. The second-order valence-corrected chi connectivity index (χ2v) is 5.57. The van der Waals surface area contributed by atoms with Crippen LogP contribution in [0.1, 0.15) is 12.0 Å². The van der Waals surface area contributed by atoms with E-state index in [0.29, 0.717) is 5.75 Å². The molecule has 2 nitrogen and oxygen atoms in total.